The van der Waals surface area contributed by atoms with Crippen molar-refractivity contribution in [1.82, 2.24) is 4.31 Å². The van der Waals surface area contributed by atoms with Crippen molar-refractivity contribution in [3.8, 4) is 0 Å². The Labute approximate surface area is 131 Å². The highest BCUT2D eigenvalue weighted by Crippen LogP contribution is 2.38. The number of aliphatic hydroxyl groups is 1. The van der Waals surface area contributed by atoms with Crippen LogP contribution < -0.4 is 0 Å². The molecule has 0 saturated carbocycles. The van der Waals surface area contributed by atoms with Crippen LogP contribution >= 0.6 is 0 Å². The Hall–Kier alpha value is -0.950. The number of sulfonamides is 1. The van der Waals surface area contributed by atoms with Gasteiger partial charge in [-0.15, -0.1) is 0 Å². The minimum absolute atomic E-state index is 0.178. The van der Waals surface area contributed by atoms with Gasteiger partial charge in [0, 0.05) is 25.1 Å². The summed E-state index contributed by atoms with van der Waals surface area (Å²) in [6, 6.07) is 8.33. The van der Waals surface area contributed by atoms with Crippen LogP contribution in [0.5, 0.6) is 0 Å². The van der Waals surface area contributed by atoms with Gasteiger partial charge in [-0.05, 0) is 38.3 Å². The van der Waals surface area contributed by atoms with E-state index in [0.29, 0.717) is 31.1 Å². The second kappa shape index (κ2) is 5.92. The van der Waals surface area contributed by atoms with Crippen LogP contribution in [-0.2, 0) is 14.8 Å². The molecular formula is C16H23NO4S. The Morgan fingerprint density at radius 1 is 1.32 bits per heavy atom. The summed E-state index contributed by atoms with van der Waals surface area (Å²) in [4.78, 5) is 0.318. The molecule has 0 amide bonds. The van der Waals surface area contributed by atoms with Gasteiger partial charge in [0.15, 0.2) is 0 Å². The molecule has 0 unspecified atom stereocenters. The van der Waals surface area contributed by atoms with Crippen LogP contribution in [0.25, 0.3) is 0 Å². The lowest BCUT2D eigenvalue weighted by molar-refractivity contribution is -0.116. The van der Waals surface area contributed by atoms with Gasteiger partial charge in [-0.1, -0.05) is 18.2 Å². The summed E-state index contributed by atoms with van der Waals surface area (Å²) in [5, 5.41) is 10.6. The van der Waals surface area contributed by atoms with Crippen molar-refractivity contribution in [2.45, 2.75) is 42.7 Å². The van der Waals surface area contributed by atoms with Crippen LogP contribution in [-0.4, -0.2) is 49.2 Å². The Balaban J connectivity index is 1.90. The molecule has 1 N–H and O–H groups in total. The maximum Gasteiger partial charge on any atom is 0.243 e. The molecule has 2 heterocycles. The zero-order chi connectivity index (χ0) is 15.8. The predicted octanol–water partition coefficient (Wildman–Crippen LogP) is 1.63. The average Bonchev–Trinajstić information content (AvgIpc) is 2.97. The summed E-state index contributed by atoms with van der Waals surface area (Å²) in [6.45, 7) is 3.25. The summed E-state index contributed by atoms with van der Waals surface area (Å²) in [5.41, 5.74) is -0.877. The van der Waals surface area contributed by atoms with Crippen molar-refractivity contribution >= 4 is 10.0 Å². The van der Waals surface area contributed by atoms with Crippen LogP contribution in [0.2, 0.25) is 0 Å². The fraction of sp³-hybridized carbons (Fsp3) is 0.625. The van der Waals surface area contributed by atoms with Gasteiger partial charge in [0.2, 0.25) is 10.0 Å². The molecule has 2 saturated heterocycles. The number of ether oxygens (including phenoxy) is 1. The van der Waals surface area contributed by atoms with E-state index in [1.165, 1.54) is 0 Å². The number of nitrogens with zero attached hydrogens (tertiary/aromatic N) is 1. The van der Waals surface area contributed by atoms with Crippen LogP contribution in [0.1, 0.15) is 26.2 Å². The lowest BCUT2D eigenvalue weighted by Crippen LogP contribution is -2.53. The summed E-state index contributed by atoms with van der Waals surface area (Å²) < 4.78 is 32.9. The van der Waals surface area contributed by atoms with Gasteiger partial charge in [-0.25, -0.2) is 8.42 Å². The van der Waals surface area contributed by atoms with E-state index in [9.17, 15) is 13.5 Å². The minimum Gasteiger partial charge on any atom is -0.390 e. The van der Waals surface area contributed by atoms with Crippen LogP contribution in [0.15, 0.2) is 35.2 Å². The van der Waals surface area contributed by atoms with Gasteiger partial charge in [0.05, 0.1) is 17.1 Å². The second-order valence-corrected chi connectivity index (χ2v) is 8.32. The standard InChI is InChI=1S/C16H23NO4S/c1-16(18)9-11-21-12-14(16)15-8-5-10-17(15)22(19,20)13-6-3-2-4-7-13/h2-4,6-7,14-15,18H,5,8-12H2,1H3/t14-,15-,16+/m1/s1. The topological polar surface area (TPSA) is 66.8 Å². The molecule has 0 radical (unpaired) electrons. The first-order valence-electron chi connectivity index (χ1n) is 7.80. The summed E-state index contributed by atoms with van der Waals surface area (Å²) in [5.74, 6) is -0.178. The third kappa shape index (κ3) is 2.80. The third-order valence-electron chi connectivity index (χ3n) is 4.91. The molecule has 5 nitrogen and oxygen atoms in total. The summed E-state index contributed by atoms with van der Waals surface area (Å²) in [7, 11) is -3.52. The van der Waals surface area contributed by atoms with Gasteiger partial charge in [0.25, 0.3) is 0 Å². The molecule has 1 aromatic rings. The first kappa shape index (κ1) is 15.9. The van der Waals surface area contributed by atoms with Crippen LogP contribution in [0.3, 0.4) is 0 Å². The summed E-state index contributed by atoms with van der Waals surface area (Å²) >= 11 is 0. The maximum atomic E-state index is 12.9. The zero-order valence-electron chi connectivity index (χ0n) is 12.8. The Morgan fingerprint density at radius 3 is 2.73 bits per heavy atom. The zero-order valence-corrected chi connectivity index (χ0v) is 13.6. The van der Waals surface area contributed by atoms with Crippen molar-refractivity contribution in [3.63, 3.8) is 0 Å². The van der Waals surface area contributed by atoms with Crippen LogP contribution in [0, 0.1) is 5.92 Å². The molecule has 0 aromatic heterocycles. The monoisotopic (exact) mass is 325 g/mol. The van der Waals surface area contributed by atoms with E-state index < -0.39 is 15.6 Å². The summed E-state index contributed by atoms with van der Waals surface area (Å²) in [6.07, 6.45) is 2.15. The SMILES string of the molecule is C[C@]1(O)CCOC[C@@H]1[C@H]1CCCN1S(=O)(=O)c1ccccc1. The third-order valence-corrected chi connectivity index (χ3v) is 6.85. The highest BCUT2D eigenvalue weighted by Gasteiger charge is 2.47. The quantitative estimate of drug-likeness (QED) is 0.917. The molecule has 1 aromatic carbocycles. The van der Waals surface area contributed by atoms with Crippen molar-refractivity contribution in [2.24, 2.45) is 5.92 Å². The van der Waals surface area contributed by atoms with Gasteiger partial charge >= 0.3 is 0 Å². The smallest absolute Gasteiger partial charge is 0.243 e. The van der Waals surface area contributed by atoms with E-state index in [4.69, 9.17) is 4.74 Å². The average molecular weight is 325 g/mol. The van der Waals surface area contributed by atoms with Gasteiger partial charge in [0.1, 0.15) is 0 Å². The van der Waals surface area contributed by atoms with Gasteiger partial charge in [-0.3, -0.25) is 0 Å². The molecule has 6 heteroatoms. The first-order valence-corrected chi connectivity index (χ1v) is 9.24. The molecule has 2 aliphatic rings. The molecular weight excluding hydrogens is 302 g/mol. The van der Waals surface area contributed by atoms with E-state index >= 15 is 0 Å². The molecule has 0 spiro atoms. The first-order chi connectivity index (χ1) is 10.4. The number of hydrogen-bond donors (Lipinski definition) is 1. The number of hydrogen-bond acceptors (Lipinski definition) is 4. The Morgan fingerprint density at radius 2 is 2.05 bits per heavy atom. The van der Waals surface area contributed by atoms with E-state index in [1.807, 2.05) is 0 Å². The van der Waals surface area contributed by atoms with E-state index in [1.54, 1.807) is 41.6 Å². The van der Waals surface area contributed by atoms with Crippen molar-refractivity contribution in [1.29, 1.82) is 0 Å². The minimum atomic E-state index is -3.52. The molecule has 122 valence electrons. The Bertz CT molecular complexity index is 614. The predicted molar refractivity (Wildman–Crippen MR) is 82.9 cm³/mol. The normalized spacial score (nSPS) is 33.9. The molecule has 3 rings (SSSR count). The molecule has 0 bridgehead atoms. The highest BCUT2D eigenvalue weighted by atomic mass is 32.2. The molecule has 2 fully saturated rings. The molecule has 3 atom stereocenters. The van der Waals surface area contributed by atoms with Crippen molar-refractivity contribution < 1.29 is 18.3 Å². The van der Waals surface area contributed by atoms with E-state index in [0.717, 1.165) is 12.8 Å². The number of benzene rings is 1. The maximum absolute atomic E-state index is 12.9. The molecule has 22 heavy (non-hydrogen) atoms. The fourth-order valence-corrected chi connectivity index (χ4v) is 5.32. The molecule has 0 aliphatic carbocycles. The lowest BCUT2D eigenvalue weighted by atomic mass is 9.80. The van der Waals surface area contributed by atoms with Gasteiger partial charge < -0.3 is 9.84 Å². The number of rotatable bonds is 3. The second-order valence-electron chi connectivity index (χ2n) is 6.43. The van der Waals surface area contributed by atoms with Crippen molar-refractivity contribution in [3.05, 3.63) is 30.3 Å². The largest absolute Gasteiger partial charge is 0.390 e. The Kier molecular flexibility index (Phi) is 4.29. The van der Waals surface area contributed by atoms with E-state index in [2.05, 4.69) is 0 Å². The van der Waals surface area contributed by atoms with Gasteiger partial charge in [-0.2, -0.15) is 4.31 Å². The van der Waals surface area contributed by atoms with E-state index in [-0.39, 0.29) is 12.0 Å². The molecule has 2 aliphatic heterocycles. The van der Waals surface area contributed by atoms with Crippen LogP contribution in [0.4, 0.5) is 0 Å². The fourth-order valence-electron chi connectivity index (χ4n) is 3.57. The van der Waals surface area contributed by atoms with Crippen molar-refractivity contribution in [2.75, 3.05) is 19.8 Å². The lowest BCUT2D eigenvalue weighted by Gasteiger charge is -2.42. The highest BCUT2D eigenvalue weighted by molar-refractivity contribution is 7.89.